The molecule has 0 heterocycles. The van der Waals surface area contributed by atoms with E-state index in [-0.39, 0.29) is 13.2 Å². The van der Waals surface area contributed by atoms with Crippen LogP contribution in [0.15, 0.2) is 42.4 Å². The lowest BCUT2D eigenvalue weighted by Crippen LogP contribution is -2.14. The maximum atomic E-state index is 8.87. The second kappa shape index (κ2) is 29.3. The second-order valence-electron chi connectivity index (χ2n) is 9.01. The van der Waals surface area contributed by atoms with Gasteiger partial charge in [-0.3, -0.25) is 0 Å². The van der Waals surface area contributed by atoms with Crippen molar-refractivity contribution < 1.29 is 43.4 Å². The fourth-order valence-corrected chi connectivity index (χ4v) is 3.40. The Morgan fingerprint density at radius 2 is 1.05 bits per heavy atom. The molecule has 39 heavy (non-hydrogen) atoms. The monoisotopic (exact) mass is 556 g/mol. The van der Waals surface area contributed by atoms with Gasteiger partial charge in [0.1, 0.15) is 12.9 Å². The van der Waals surface area contributed by atoms with Crippen LogP contribution in [-0.2, 0) is 39.8 Å². The zero-order valence-electron chi connectivity index (χ0n) is 23.8. The molecule has 0 fully saturated rings. The first-order valence-corrected chi connectivity index (χ1v) is 14.4. The van der Waals surface area contributed by atoms with E-state index in [0.29, 0.717) is 85.0 Å². The summed E-state index contributed by atoms with van der Waals surface area (Å²) in [6.45, 7) is 6.68. The highest BCUT2D eigenvalue weighted by Crippen LogP contribution is 2.06. The van der Waals surface area contributed by atoms with Crippen molar-refractivity contribution in [3.63, 3.8) is 0 Å². The molecular weight excluding hydrogens is 504 g/mol. The van der Waals surface area contributed by atoms with Crippen molar-refractivity contribution in [2.45, 2.75) is 58.0 Å². The van der Waals surface area contributed by atoms with Crippen molar-refractivity contribution >= 4 is 0 Å². The van der Waals surface area contributed by atoms with Gasteiger partial charge in [-0.05, 0) is 44.1 Å². The van der Waals surface area contributed by atoms with Crippen LogP contribution in [0.25, 0.3) is 0 Å². The van der Waals surface area contributed by atoms with E-state index >= 15 is 0 Å². The SMILES string of the molecule is OCCCCCCO/C=C(/COCCOCCOCCOCCOCc1ccccc1)OCCCCCCO. The lowest BCUT2D eigenvalue weighted by atomic mass is 10.2. The molecule has 0 spiro atoms. The molecular formula is C30H52O9. The van der Waals surface area contributed by atoms with E-state index < -0.39 is 0 Å². The molecule has 0 aliphatic rings. The van der Waals surface area contributed by atoms with E-state index in [2.05, 4.69) is 0 Å². The van der Waals surface area contributed by atoms with Crippen molar-refractivity contribution in [3.8, 4) is 0 Å². The maximum absolute atomic E-state index is 8.87. The molecule has 0 saturated carbocycles. The number of aliphatic hydroxyl groups is 2. The first-order valence-electron chi connectivity index (χ1n) is 14.4. The summed E-state index contributed by atoms with van der Waals surface area (Å²) in [5.74, 6) is 0.668. The van der Waals surface area contributed by atoms with Crippen LogP contribution in [0.4, 0.5) is 0 Å². The third-order valence-corrected chi connectivity index (χ3v) is 5.57. The number of hydrogen-bond donors (Lipinski definition) is 2. The summed E-state index contributed by atoms with van der Waals surface area (Å²) in [6.07, 6.45) is 9.23. The van der Waals surface area contributed by atoms with Crippen molar-refractivity contribution in [2.75, 3.05) is 85.9 Å². The van der Waals surface area contributed by atoms with Gasteiger partial charge in [-0.15, -0.1) is 0 Å². The molecule has 0 radical (unpaired) electrons. The molecule has 0 atom stereocenters. The van der Waals surface area contributed by atoms with Gasteiger partial charge in [-0.2, -0.15) is 0 Å². The minimum Gasteiger partial charge on any atom is -0.498 e. The Kier molecular flexibility index (Phi) is 26.5. The first kappa shape index (κ1) is 35.3. The summed E-state index contributed by atoms with van der Waals surface area (Å²) in [6, 6.07) is 10.1. The number of ether oxygens (including phenoxy) is 7. The lowest BCUT2D eigenvalue weighted by Gasteiger charge is -2.12. The van der Waals surface area contributed by atoms with Crippen molar-refractivity contribution in [1.29, 1.82) is 0 Å². The van der Waals surface area contributed by atoms with Crippen molar-refractivity contribution in [2.24, 2.45) is 0 Å². The molecule has 2 N–H and O–H groups in total. The quantitative estimate of drug-likeness (QED) is 0.106. The molecule has 1 rings (SSSR count). The molecule has 0 aliphatic heterocycles. The predicted molar refractivity (Wildman–Crippen MR) is 150 cm³/mol. The van der Waals surface area contributed by atoms with Crippen LogP contribution >= 0.6 is 0 Å². The molecule has 9 heteroatoms. The van der Waals surface area contributed by atoms with Crippen LogP contribution in [0.2, 0.25) is 0 Å². The van der Waals surface area contributed by atoms with Crippen LogP contribution < -0.4 is 0 Å². The van der Waals surface area contributed by atoms with Crippen molar-refractivity contribution in [1.82, 2.24) is 0 Å². The van der Waals surface area contributed by atoms with Gasteiger partial charge in [0.2, 0.25) is 0 Å². The first-order chi connectivity index (χ1) is 19.4. The molecule has 0 saturated heterocycles. The summed E-state index contributed by atoms with van der Waals surface area (Å²) in [4.78, 5) is 0. The number of unbranched alkanes of at least 4 members (excludes halogenated alkanes) is 6. The molecule has 0 aromatic heterocycles. The maximum Gasteiger partial charge on any atom is 0.156 e. The van der Waals surface area contributed by atoms with Gasteiger partial charge in [0, 0.05) is 13.2 Å². The normalized spacial score (nSPS) is 11.7. The number of hydrogen-bond acceptors (Lipinski definition) is 9. The average molecular weight is 557 g/mol. The number of rotatable bonds is 30. The molecule has 1 aromatic rings. The summed E-state index contributed by atoms with van der Waals surface area (Å²) in [5, 5.41) is 17.7. The van der Waals surface area contributed by atoms with Gasteiger partial charge in [-0.1, -0.05) is 43.2 Å². The predicted octanol–water partition coefficient (Wildman–Crippen LogP) is 4.25. The lowest BCUT2D eigenvalue weighted by molar-refractivity contribution is -0.0135. The molecule has 0 bridgehead atoms. The van der Waals surface area contributed by atoms with E-state index in [1.165, 1.54) is 0 Å². The summed E-state index contributed by atoms with van der Waals surface area (Å²) >= 11 is 0. The fourth-order valence-electron chi connectivity index (χ4n) is 3.40. The van der Waals surface area contributed by atoms with Crippen LogP contribution in [0, 0.1) is 0 Å². The summed E-state index contributed by atoms with van der Waals surface area (Å²) in [5.41, 5.74) is 1.16. The smallest absolute Gasteiger partial charge is 0.156 e. The van der Waals surface area contributed by atoms with E-state index in [1.54, 1.807) is 6.26 Å². The van der Waals surface area contributed by atoms with Crippen LogP contribution in [0.5, 0.6) is 0 Å². The third-order valence-electron chi connectivity index (χ3n) is 5.57. The highest BCUT2D eigenvalue weighted by molar-refractivity contribution is 5.13. The van der Waals surface area contributed by atoms with E-state index in [0.717, 1.165) is 56.9 Å². The Morgan fingerprint density at radius 1 is 0.538 bits per heavy atom. The zero-order chi connectivity index (χ0) is 27.9. The molecule has 0 amide bonds. The number of aliphatic hydroxyl groups excluding tert-OH is 2. The number of benzene rings is 1. The third kappa shape index (κ3) is 25.0. The summed E-state index contributed by atoms with van der Waals surface area (Å²) < 4.78 is 39.3. The molecule has 1 aromatic carbocycles. The molecule has 0 unspecified atom stereocenters. The Hall–Kier alpha value is -1.72. The van der Waals surface area contributed by atoms with Gasteiger partial charge in [0.25, 0.3) is 0 Å². The van der Waals surface area contributed by atoms with Gasteiger partial charge < -0.3 is 43.4 Å². The van der Waals surface area contributed by atoms with Gasteiger partial charge in [0.05, 0.1) is 72.7 Å². The van der Waals surface area contributed by atoms with Gasteiger partial charge in [0.15, 0.2) is 5.76 Å². The van der Waals surface area contributed by atoms with E-state index in [9.17, 15) is 0 Å². The van der Waals surface area contributed by atoms with Crippen LogP contribution in [-0.4, -0.2) is 96.1 Å². The van der Waals surface area contributed by atoms with Crippen LogP contribution in [0.1, 0.15) is 56.9 Å². The molecule has 226 valence electrons. The van der Waals surface area contributed by atoms with Gasteiger partial charge in [-0.25, -0.2) is 0 Å². The second-order valence-corrected chi connectivity index (χ2v) is 9.01. The Labute approximate surface area is 235 Å². The van der Waals surface area contributed by atoms with Gasteiger partial charge >= 0.3 is 0 Å². The summed E-state index contributed by atoms with van der Waals surface area (Å²) in [7, 11) is 0. The minimum absolute atomic E-state index is 0.236. The van der Waals surface area contributed by atoms with E-state index in [1.807, 2.05) is 30.3 Å². The van der Waals surface area contributed by atoms with Crippen molar-refractivity contribution in [3.05, 3.63) is 47.9 Å². The highest BCUT2D eigenvalue weighted by atomic mass is 16.6. The van der Waals surface area contributed by atoms with E-state index in [4.69, 9.17) is 43.4 Å². The molecule has 0 aliphatic carbocycles. The topological polar surface area (TPSA) is 105 Å². The fraction of sp³-hybridized carbons (Fsp3) is 0.733. The standard InChI is InChI=1S/C30H52O9/c31-14-8-1-3-10-16-36-27-30(39-17-11-4-2-9-15-32)28-38-25-23-35-21-19-33-18-20-34-22-24-37-26-29-12-6-5-7-13-29/h5-7,12-13,27,31-32H,1-4,8-11,14-26,28H2/b30-27-. The molecule has 9 nitrogen and oxygen atoms in total. The zero-order valence-corrected chi connectivity index (χ0v) is 23.8. The Bertz CT molecular complexity index is 643. The van der Waals surface area contributed by atoms with Crippen LogP contribution in [0.3, 0.4) is 0 Å². The average Bonchev–Trinajstić information content (AvgIpc) is 2.96. The highest BCUT2D eigenvalue weighted by Gasteiger charge is 2.02. The Balaban J connectivity index is 1.97. The Morgan fingerprint density at radius 3 is 1.64 bits per heavy atom. The minimum atomic E-state index is 0.236. The largest absolute Gasteiger partial charge is 0.498 e.